The van der Waals surface area contributed by atoms with Gasteiger partial charge in [-0.05, 0) is 59.3 Å². The van der Waals surface area contributed by atoms with Crippen molar-refractivity contribution in [1.29, 1.82) is 5.41 Å². The second-order valence-electron chi connectivity index (χ2n) is 4.90. The lowest BCUT2D eigenvalue weighted by molar-refractivity contribution is 0.195. The molecule has 0 bridgehead atoms. The van der Waals surface area contributed by atoms with Crippen LogP contribution in [0.4, 0.5) is 0 Å². The molecule has 0 saturated heterocycles. The van der Waals surface area contributed by atoms with Crippen LogP contribution in [0.2, 0.25) is 0 Å². The maximum atomic E-state index is 8.09. The van der Waals surface area contributed by atoms with E-state index in [2.05, 4.69) is 49.0 Å². The van der Waals surface area contributed by atoms with Crippen LogP contribution >= 0.6 is 11.3 Å². The first-order valence-corrected chi connectivity index (χ1v) is 7.56. The Balaban J connectivity index is 2.23. The molecule has 3 nitrogen and oxygen atoms in total. The molecule has 0 amide bonds. The molecule has 1 aromatic carbocycles. The van der Waals surface area contributed by atoms with Crippen molar-refractivity contribution in [3.63, 3.8) is 0 Å². The minimum atomic E-state index is -0.0455. The molecule has 0 aliphatic rings. The van der Waals surface area contributed by atoms with Gasteiger partial charge in [0, 0.05) is 7.05 Å². The summed E-state index contributed by atoms with van der Waals surface area (Å²) in [5.41, 5.74) is 7.54. The summed E-state index contributed by atoms with van der Waals surface area (Å²) in [6.45, 7) is 4.23. The van der Waals surface area contributed by atoms with Crippen molar-refractivity contribution in [2.24, 2.45) is 0 Å². The molecule has 1 aromatic heterocycles. The Hall–Kier alpha value is -1.65. The van der Waals surface area contributed by atoms with Crippen molar-refractivity contribution in [3.05, 3.63) is 57.3 Å². The summed E-state index contributed by atoms with van der Waals surface area (Å²) >= 11 is 1.65. The fourth-order valence-electron chi connectivity index (χ4n) is 2.18. The van der Waals surface area contributed by atoms with Crippen LogP contribution < -0.4 is 5.48 Å². The van der Waals surface area contributed by atoms with E-state index in [1.165, 1.54) is 16.7 Å². The first-order valence-electron chi connectivity index (χ1n) is 6.62. The van der Waals surface area contributed by atoms with Crippen LogP contribution in [0.25, 0.3) is 0 Å². The first kappa shape index (κ1) is 14.8. The zero-order chi connectivity index (χ0) is 14.5. The van der Waals surface area contributed by atoms with Crippen molar-refractivity contribution in [2.75, 3.05) is 7.05 Å². The van der Waals surface area contributed by atoms with E-state index >= 15 is 0 Å². The number of hydroxylamine groups is 1. The van der Waals surface area contributed by atoms with E-state index in [-0.39, 0.29) is 11.8 Å². The molecule has 1 atom stereocenters. The van der Waals surface area contributed by atoms with E-state index in [4.69, 9.17) is 10.2 Å². The van der Waals surface area contributed by atoms with Gasteiger partial charge in [0.05, 0.1) is 5.92 Å². The Kier molecular flexibility index (Phi) is 4.93. The van der Waals surface area contributed by atoms with Gasteiger partial charge in [0.1, 0.15) is 0 Å². The van der Waals surface area contributed by atoms with E-state index in [9.17, 15) is 0 Å². The van der Waals surface area contributed by atoms with E-state index < -0.39 is 0 Å². The summed E-state index contributed by atoms with van der Waals surface area (Å²) in [6, 6.07) is 8.53. The molecular formula is C16H20N2OS. The van der Waals surface area contributed by atoms with Crippen molar-refractivity contribution >= 4 is 17.2 Å². The maximum Gasteiger partial charge on any atom is 0.214 e. The summed E-state index contributed by atoms with van der Waals surface area (Å²) in [7, 11) is 1.68. The van der Waals surface area contributed by atoms with Crippen LogP contribution in [0.15, 0.2) is 35.0 Å². The highest BCUT2D eigenvalue weighted by Gasteiger charge is 2.20. The van der Waals surface area contributed by atoms with Gasteiger partial charge >= 0.3 is 0 Å². The summed E-state index contributed by atoms with van der Waals surface area (Å²) in [4.78, 5) is 5.19. The number of aryl methyl sites for hydroxylation is 2. The lowest BCUT2D eigenvalue weighted by Crippen LogP contribution is -2.22. The summed E-state index contributed by atoms with van der Waals surface area (Å²) < 4.78 is 0. The highest BCUT2D eigenvalue weighted by molar-refractivity contribution is 7.08. The molecule has 20 heavy (non-hydrogen) atoms. The van der Waals surface area contributed by atoms with Crippen LogP contribution in [0.3, 0.4) is 0 Å². The van der Waals surface area contributed by atoms with Gasteiger partial charge < -0.3 is 4.84 Å². The lowest BCUT2D eigenvalue weighted by atomic mass is 9.92. The van der Waals surface area contributed by atoms with Crippen molar-refractivity contribution in [1.82, 2.24) is 5.48 Å². The van der Waals surface area contributed by atoms with Crippen LogP contribution in [0.1, 0.15) is 28.2 Å². The highest BCUT2D eigenvalue weighted by atomic mass is 32.1. The van der Waals surface area contributed by atoms with Crippen LogP contribution in [-0.2, 0) is 11.3 Å². The van der Waals surface area contributed by atoms with E-state index in [1.54, 1.807) is 18.4 Å². The lowest BCUT2D eigenvalue weighted by Gasteiger charge is -2.17. The Morgan fingerprint density at radius 1 is 1.30 bits per heavy atom. The van der Waals surface area contributed by atoms with Gasteiger partial charge in [-0.1, -0.05) is 18.2 Å². The third-order valence-corrected chi connectivity index (χ3v) is 4.19. The summed E-state index contributed by atoms with van der Waals surface area (Å²) in [5.74, 6) is 0.208. The number of benzene rings is 1. The number of hydrogen-bond donors (Lipinski definition) is 2. The molecule has 106 valence electrons. The molecule has 4 heteroatoms. The smallest absolute Gasteiger partial charge is 0.214 e. The average molecular weight is 288 g/mol. The van der Waals surface area contributed by atoms with Crippen molar-refractivity contribution in [2.45, 2.75) is 26.2 Å². The molecule has 0 aliphatic heterocycles. The SMILES string of the molecule is CNOC(=N)C(Cc1ccc(C)c(C)c1)c1ccsc1. The summed E-state index contributed by atoms with van der Waals surface area (Å²) in [6.07, 6.45) is 0.776. The zero-order valence-corrected chi connectivity index (χ0v) is 12.9. The third kappa shape index (κ3) is 3.46. The fraction of sp³-hybridized carbons (Fsp3) is 0.312. The number of rotatable bonds is 5. The average Bonchev–Trinajstić information content (AvgIpc) is 2.94. The number of hydrogen-bond acceptors (Lipinski definition) is 4. The monoisotopic (exact) mass is 288 g/mol. The Labute approximate surface area is 124 Å². The predicted octanol–water partition coefficient (Wildman–Crippen LogP) is 3.82. The van der Waals surface area contributed by atoms with Crippen molar-refractivity contribution < 1.29 is 4.84 Å². The normalized spacial score (nSPS) is 12.2. The fourth-order valence-corrected chi connectivity index (χ4v) is 2.90. The second-order valence-corrected chi connectivity index (χ2v) is 5.68. The van der Waals surface area contributed by atoms with Crippen LogP contribution in [0.5, 0.6) is 0 Å². The van der Waals surface area contributed by atoms with Crippen LogP contribution in [-0.4, -0.2) is 12.9 Å². The van der Waals surface area contributed by atoms with Gasteiger partial charge in [-0.15, -0.1) is 0 Å². The molecule has 0 aliphatic carbocycles. The number of nitrogens with one attached hydrogen (secondary N) is 2. The van der Waals surface area contributed by atoms with Gasteiger partial charge in [0.2, 0.25) is 5.90 Å². The van der Waals surface area contributed by atoms with Gasteiger partial charge in [-0.3, -0.25) is 5.41 Å². The Bertz CT molecular complexity index is 578. The Morgan fingerprint density at radius 3 is 2.70 bits per heavy atom. The molecule has 1 heterocycles. The van der Waals surface area contributed by atoms with Gasteiger partial charge in [-0.25, -0.2) is 0 Å². The molecule has 0 spiro atoms. The minimum absolute atomic E-state index is 0.0455. The molecule has 2 aromatic rings. The maximum absolute atomic E-state index is 8.09. The molecule has 0 radical (unpaired) electrons. The topological polar surface area (TPSA) is 45.1 Å². The molecule has 0 fully saturated rings. The highest BCUT2D eigenvalue weighted by Crippen LogP contribution is 2.25. The minimum Gasteiger partial charge on any atom is -0.393 e. The van der Waals surface area contributed by atoms with Crippen molar-refractivity contribution in [3.8, 4) is 0 Å². The second kappa shape index (κ2) is 6.68. The van der Waals surface area contributed by atoms with E-state index in [0.29, 0.717) is 0 Å². The van der Waals surface area contributed by atoms with E-state index in [1.807, 2.05) is 5.38 Å². The first-order chi connectivity index (χ1) is 9.61. The quantitative estimate of drug-likeness (QED) is 0.499. The Morgan fingerprint density at radius 2 is 2.10 bits per heavy atom. The predicted molar refractivity (Wildman–Crippen MR) is 84.6 cm³/mol. The van der Waals surface area contributed by atoms with Gasteiger partial charge in [0.25, 0.3) is 0 Å². The largest absolute Gasteiger partial charge is 0.393 e. The van der Waals surface area contributed by atoms with Gasteiger partial charge in [-0.2, -0.15) is 16.8 Å². The summed E-state index contributed by atoms with van der Waals surface area (Å²) in [5, 5.41) is 12.2. The number of thiophene rings is 1. The molecule has 2 rings (SSSR count). The molecule has 2 N–H and O–H groups in total. The molecule has 1 unspecified atom stereocenters. The van der Waals surface area contributed by atoms with Crippen LogP contribution in [0, 0.1) is 19.3 Å². The van der Waals surface area contributed by atoms with E-state index in [0.717, 1.165) is 12.0 Å². The molecular weight excluding hydrogens is 268 g/mol. The third-order valence-electron chi connectivity index (χ3n) is 3.49. The zero-order valence-electron chi connectivity index (χ0n) is 12.1. The molecule has 0 saturated carbocycles. The standard InChI is InChI=1S/C16H20N2OS/c1-11-4-5-13(8-12(11)2)9-15(16(17)19-18-3)14-6-7-20-10-14/h4-8,10,15,17-18H,9H2,1-3H3. The van der Waals surface area contributed by atoms with Gasteiger partial charge in [0.15, 0.2) is 0 Å².